The van der Waals surface area contributed by atoms with Crippen molar-refractivity contribution in [3.8, 4) is 0 Å². The molecule has 0 saturated heterocycles. The van der Waals surface area contributed by atoms with Crippen LogP contribution < -0.4 is 10.6 Å². The fraction of sp³-hybridized carbons (Fsp3) is 0.676. The predicted molar refractivity (Wildman–Crippen MR) is 343 cm³/mol. The van der Waals surface area contributed by atoms with Gasteiger partial charge in [0.2, 0.25) is 0 Å². The number of unbranched alkanes of at least 4 members (excludes halogenated alkanes) is 39. The molecule has 0 aliphatic carbocycles. The summed E-state index contributed by atoms with van der Waals surface area (Å²) >= 11 is 0. The maximum Gasteiger partial charge on any atom is 0.251 e. The first-order chi connectivity index (χ1) is 38.5. The zero-order valence-corrected chi connectivity index (χ0v) is 50.9. The lowest BCUT2D eigenvalue weighted by atomic mass is 9.88. The third kappa shape index (κ3) is 25.3. The zero-order chi connectivity index (χ0) is 54.9. The Balaban J connectivity index is 1.17. The van der Waals surface area contributed by atoms with Gasteiger partial charge in [-0.05, 0) is 106 Å². The minimum Gasteiger partial charge on any atom is -0.350 e. The van der Waals surface area contributed by atoms with E-state index in [1.54, 1.807) is 5.56 Å². The molecule has 0 aromatic heterocycles. The molecule has 2 N–H and O–H groups in total. The van der Waals surface area contributed by atoms with Gasteiger partial charge in [-0.2, -0.15) is 0 Å². The van der Waals surface area contributed by atoms with E-state index in [1.807, 2.05) is 6.07 Å². The molecule has 5 aromatic carbocycles. The monoisotopic (exact) mass is 1060 g/mol. The molecule has 2 amide bonds. The molecule has 5 aromatic rings. The summed E-state index contributed by atoms with van der Waals surface area (Å²) in [5.74, 6) is -0.111. The second-order valence-corrected chi connectivity index (χ2v) is 24.3. The van der Waals surface area contributed by atoms with Crippen LogP contribution in [-0.2, 0) is 19.3 Å². The molecular weight excluding hydrogens is 949 g/mol. The first-order valence-corrected chi connectivity index (χ1v) is 33.9. The Morgan fingerprint density at radius 1 is 0.321 bits per heavy atom. The third-order valence-corrected chi connectivity index (χ3v) is 17.5. The summed E-state index contributed by atoms with van der Waals surface area (Å²) in [4.78, 5) is 28.0. The van der Waals surface area contributed by atoms with Gasteiger partial charge in [0.15, 0.2) is 0 Å². The standard InChI is InChI=1S/C74H116N2O2/c1-4-7-10-13-16-19-22-25-28-31-34-37-40-43-47-65-60-67(73(77)75-58-59-76-74(78)70-57-55-64-53-52-62-49-46-50-63-54-56-69(70)72(64)71(62)63)61-66(48-44-41-38-35-32-29-26-23-20-17-14-11-8-5-2)68(65)51-45-42-39-36-33-30-27-24-21-18-15-12-9-6-3/h46,49-50,52-57,60-61H,4-45,47-48,51,58-59H2,1-3H3,(H,75,77)(H,76,78). The van der Waals surface area contributed by atoms with Crippen molar-refractivity contribution in [1.29, 1.82) is 0 Å². The summed E-state index contributed by atoms with van der Waals surface area (Å²) in [6.45, 7) is 7.68. The summed E-state index contributed by atoms with van der Waals surface area (Å²) in [5.41, 5.74) is 5.91. The molecule has 4 heteroatoms. The van der Waals surface area contributed by atoms with Crippen molar-refractivity contribution in [2.75, 3.05) is 13.1 Å². The van der Waals surface area contributed by atoms with E-state index in [2.05, 4.69) is 92.1 Å². The highest BCUT2D eigenvalue weighted by Gasteiger charge is 2.18. The van der Waals surface area contributed by atoms with Gasteiger partial charge in [-0.1, -0.05) is 320 Å². The van der Waals surface area contributed by atoms with E-state index in [0.717, 1.165) is 41.0 Å². The average Bonchev–Trinajstić information content (AvgIpc) is 3.53. The normalized spacial score (nSPS) is 11.7. The van der Waals surface area contributed by atoms with E-state index in [9.17, 15) is 9.59 Å². The van der Waals surface area contributed by atoms with Gasteiger partial charge in [-0.15, -0.1) is 0 Å². The Labute approximate surface area is 479 Å². The molecule has 0 aliphatic heterocycles. The molecule has 0 spiro atoms. The summed E-state index contributed by atoms with van der Waals surface area (Å²) < 4.78 is 0. The van der Waals surface area contributed by atoms with E-state index in [0.29, 0.717) is 18.7 Å². The highest BCUT2D eigenvalue weighted by molar-refractivity contribution is 6.26. The number of nitrogens with one attached hydrogen (secondary N) is 2. The average molecular weight is 1070 g/mol. The number of hydrogen-bond acceptors (Lipinski definition) is 2. The minimum absolute atomic E-state index is 0.0144. The molecule has 0 heterocycles. The number of carbonyl (C=O) groups excluding carboxylic acids is 2. The van der Waals surface area contributed by atoms with E-state index >= 15 is 0 Å². The number of benzene rings is 5. The van der Waals surface area contributed by atoms with Gasteiger partial charge >= 0.3 is 0 Å². The minimum atomic E-state index is -0.0964. The maximum atomic E-state index is 14.2. The third-order valence-electron chi connectivity index (χ3n) is 17.5. The van der Waals surface area contributed by atoms with Crippen molar-refractivity contribution in [3.63, 3.8) is 0 Å². The van der Waals surface area contributed by atoms with Gasteiger partial charge in [-0.3, -0.25) is 9.59 Å². The molecule has 5 rings (SSSR count). The molecule has 0 aliphatic rings. The molecule has 0 fully saturated rings. The first-order valence-electron chi connectivity index (χ1n) is 33.9. The van der Waals surface area contributed by atoms with Gasteiger partial charge < -0.3 is 10.6 Å². The Bertz CT molecular complexity index is 2240. The molecule has 0 bridgehead atoms. The van der Waals surface area contributed by atoms with Crippen molar-refractivity contribution >= 4 is 44.1 Å². The molecule has 78 heavy (non-hydrogen) atoms. The van der Waals surface area contributed by atoms with Gasteiger partial charge in [0.05, 0.1) is 0 Å². The lowest BCUT2D eigenvalue weighted by molar-refractivity contribution is 0.0928. The van der Waals surface area contributed by atoms with Crippen LogP contribution in [-0.4, -0.2) is 24.9 Å². The first kappa shape index (κ1) is 64.9. The molecule has 0 radical (unpaired) electrons. The van der Waals surface area contributed by atoms with Crippen LogP contribution in [0.1, 0.15) is 328 Å². The lowest BCUT2D eigenvalue weighted by Gasteiger charge is -2.18. The second-order valence-electron chi connectivity index (χ2n) is 24.3. The van der Waals surface area contributed by atoms with E-state index in [-0.39, 0.29) is 11.8 Å². The van der Waals surface area contributed by atoms with Gasteiger partial charge in [0.25, 0.3) is 11.8 Å². The van der Waals surface area contributed by atoms with Gasteiger partial charge in [0, 0.05) is 24.2 Å². The fourth-order valence-electron chi connectivity index (χ4n) is 12.7. The van der Waals surface area contributed by atoms with Gasteiger partial charge in [-0.25, -0.2) is 0 Å². The van der Waals surface area contributed by atoms with Crippen LogP contribution in [0.25, 0.3) is 32.3 Å². The van der Waals surface area contributed by atoms with Crippen molar-refractivity contribution in [1.82, 2.24) is 10.6 Å². The summed E-state index contributed by atoms with van der Waals surface area (Å²) in [6, 6.07) is 23.5. The van der Waals surface area contributed by atoms with Crippen LogP contribution in [0.5, 0.6) is 0 Å². The largest absolute Gasteiger partial charge is 0.350 e. The maximum absolute atomic E-state index is 14.2. The topological polar surface area (TPSA) is 58.2 Å². The summed E-state index contributed by atoms with van der Waals surface area (Å²) in [6.07, 6.45) is 60.9. The number of rotatable bonds is 50. The molecule has 0 unspecified atom stereocenters. The second kappa shape index (κ2) is 42.0. The molecule has 434 valence electrons. The van der Waals surface area contributed by atoms with Crippen molar-refractivity contribution in [2.24, 2.45) is 0 Å². The van der Waals surface area contributed by atoms with Crippen molar-refractivity contribution < 1.29 is 9.59 Å². The zero-order valence-electron chi connectivity index (χ0n) is 50.9. The van der Waals surface area contributed by atoms with Crippen LogP contribution >= 0.6 is 0 Å². The van der Waals surface area contributed by atoms with Crippen LogP contribution in [0.2, 0.25) is 0 Å². The molecular formula is C74H116N2O2. The van der Waals surface area contributed by atoms with E-state index in [4.69, 9.17) is 0 Å². The Morgan fingerprint density at radius 2 is 0.628 bits per heavy atom. The number of amides is 2. The summed E-state index contributed by atoms with van der Waals surface area (Å²) in [5, 5.41) is 13.3. The van der Waals surface area contributed by atoms with E-state index in [1.165, 1.54) is 297 Å². The summed E-state index contributed by atoms with van der Waals surface area (Å²) in [7, 11) is 0. The quantitative estimate of drug-likeness (QED) is 0.0301. The van der Waals surface area contributed by atoms with Crippen LogP contribution in [0.15, 0.2) is 66.7 Å². The van der Waals surface area contributed by atoms with Gasteiger partial charge in [0.1, 0.15) is 0 Å². The van der Waals surface area contributed by atoms with E-state index < -0.39 is 0 Å². The molecule has 4 nitrogen and oxygen atoms in total. The SMILES string of the molecule is CCCCCCCCCCCCCCCCc1cc(C(=O)NCCNC(=O)c2ccc3ccc4cccc5ccc2c3c45)cc(CCCCCCCCCCCCCCCC)c1CCCCCCCCCCCCCCCC. The number of aryl methyl sites for hydroxylation is 2. The highest BCUT2D eigenvalue weighted by Crippen LogP contribution is 2.36. The number of hydrogen-bond donors (Lipinski definition) is 2. The van der Waals surface area contributed by atoms with Crippen molar-refractivity contribution in [2.45, 2.75) is 310 Å². The Kier molecular flexibility index (Phi) is 34.9. The van der Waals surface area contributed by atoms with Crippen LogP contribution in [0.3, 0.4) is 0 Å². The van der Waals surface area contributed by atoms with Crippen LogP contribution in [0.4, 0.5) is 0 Å². The molecule has 0 atom stereocenters. The Morgan fingerprint density at radius 3 is 1.01 bits per heavy atom. The predicted octanol–water partition coefficient (Wildman–Crippen LogP) is 22.8. The smallest absolute Gasteiger partial charge is 0.251 e. The lowest BCUT2D eigenvalue weighted by Crippen LogP contribution is -2.35. The van der Waals surface area contributed by atoms with Crippen molar-refractivity contribution in [3.05, 3.63) is 94.5 Å². The Hall–Kier alpha value is -3.92. The number of carbonyl (C=O) groups is 2. The highest BCUT2D eigenvalue weighted by atomic mass is 16.2. The van der Waals surface area contributed by atoms with Crippen LogP contribution in [0, 0.1) is 0 Å². The fourth-order valence-corrected chi connectivity index (χ4v) is 12.7. The molecule has 0 saturated carbocycles.